The third-order valence-corrected chi connectivity index (χ3v) is 2.61. The molecule has 4 nitrogen and oxygen atoms in total. The maximum atomic E-state index is 11.9. The predicted octanol–water partition coefficient (Wildman–Crippen LogP) is 1.99. The Bertz CT molecular complexity index is 276. The summed E-state index contributed by atoms with van der Waals surface area (Å²) in [7, 11) is 1.65. The Morgan fingerprint density at radius 1 is 1.12 bits per heavy atom. The highest BCUT2D eigenvalue weighted by atomic mass is 16.4. The number of carboxylic acid groups (broad SMARTS) is 1. The molecule has 0 saturated carbocycles. The summed E-state index contributed by atoms with van der Waals surface area (Å²) in [6.45, 7) is 9.73. The van der Waals surface area contributed by atoms with E-state index in [4.69, 9.17) is 5.11 Å². The second-order valence-corrected chi connectivity index (χ2v) is 5.97. The minimum Gasteiger partial charge on any atom is -0.480 e. The Morgan fingerprint density at radius 3 is 1.88 bits per heavy atom. The summed E-state index contributed by atoms with van der Waals surface area (Å²) >= 11 is 0. The highest BCUT2D eigenvalue weighted by Crippen LogP contribution is 2.22. The maximum Gasteiger partial charge on any atom is 0.318 e. The number of nitrogens with zero attached hydrogens (tertiary/aromatic N) is 1. The number of carboxylic acids is 1. The number of amides is 1. The van der Waals surface area contributed by atoms with Crippen molar-refractivity contribution in [1.29, 1.82) is 0 Å². The van der Waals surface area contributed by atoms with Gasteiger partial charge in [0.2, 0.25) is 5.91 Å². The van der Waals surface area contributed by atoms with E-state index in [1.807, 2.05) is 0 Å². The molecule has 0 spiro atoms. The monoisotopic (exact) mass is 229 g/mol. The Balaban J connectivity index is 4.46. The van der Waals surface area contributed by atoms with Gasteiger partial charge >= 0.3 is 5.97 Å². The Hall–Kier alpha value is -1.06. The van der Waals surface area contributed by atoms with Crippen LogP contribution in [0, 0.1) is 10.8 Å². The molecule has 0 aromatic rings. The number of rotatable bonds is 4. The number of hydrogen-bond acceptors (Lipinski definition) is 2. The largest absolute Gasteiger partial charge is 0.480 e. The lowest BCUT2D eigenvalue weighted by molar-refractivity contribution is -0.157. The van der Waals surface area contributed by atoms with Crippen LogP contribution in [-0.2, 0) is 9.59 Å². The van der Waals surface area contributed by atoms with Crippen LogP contribution >= 0.6 is 0 Å². The molecule has 0 radical (unpaired) electrons. The summed E-state index contributed by atoms with van der Waals surface area (Å²) in [5, 5.41) is 8.94. The summed E-state index contributed by atoms with van der Waals surface area (Å²) in [4.78, 5) is 24.3. The molecule has 0 aliphatic carbocycles. The zero-order valence-electron chi connectivity index (χ0n) is 11.1. The van der Waals surface area contributed by atoms with Gasteiger partial charge in [-0.25, -0.2) is 0 Å². The van der Waals surface area contributed by atoms with Crippen molar-refractivity contribution in [2.24, 2.45) is 10.8 Å². The van der Waals surface area contributed by atoms with E-state index in [9.17, 15) is 9.59 Å². The van der Waals surface area contributed by atoms with Crippen molar-refractivity contribution >= 4 is 11.9 Å². The molecule has 0 aromatic heterocycles. The van der Waals surface area contributed by atoms with Crippen molar-refractivity contribution in [1.82, 2.24) is 4.90 Å². The zero-order chi connectivity index (χ0) is 13.1. The van der Waals surface area contributed by atoms with Gasteiger partial charge in [-0.1, -0.05) is 20.8 Å². The number of hydrogen-bond donors (Lipinski definition) is 1. The molecule has 0 saturated heterocycles. The second kappa shape index (κ2) is 4.85. The molecule has 0 heterocycles. The van der Waals surface area contributed by atoms with E-state index in [1.54, 1.807) is 7.05 Å². The van der Waals surface area contributed by atoms with Crippen molar-refractivity contribution in [3.8, 4) is 0 Å². The quantitative estimate of drug-likeness (QED) is 0.750. The third kappa shape index (κ3) is 4.21. The van der Waals surface area contributed by atoms with Gasteiger partial charge in [0.1, 0.15) is 5.41 Å². The van der Waals surface area contributed by atoms with Gasteiger partial charge in [0.25, 0.3) is 0 Å². The van der Waals surface area contributed by atoms with Crippen LogP contribution in [0.3, 0.4) is 0 Å². The number of aliphatic carboxylic acids is 1. The van der Waals surface area contributed by atoms with Gasteiger partial charge in [-0.3, -0.25) is 9.59 Å². The van der Waals surface area contributed by atoms with E-state index in [0.29, 0.717) is 6.54 Å². The first-order valence-electron chi connectivity index (χ1n) is 5.47. The van der Waals surface area contributed by atoms with Gasteiger partial charge in [-0.05, 0) is 25.7 Å². The summed E-state index contributed by atoms with van der Waals surface area (Å²) in [6, 6.07) is 0. The topological polar surface area (TPSA) is 57.6 Å². The van der Waals surface area contributed by atoms with Crippen molar-refractivity contribution < 1.29 is 14.7 Å². The number of carbonyl (C=O) groups excluding carboxylic acids is 1. The fourth-order valence-corrected chi connectivity index (χ4v) is 1.17. The second-order valence-electron chi connectivity index (χ2n) is 5.97. The van der Waals surface area contributed by atoms with E-state index < -0.39 is 11.4 Å². The van der Waals surface area contributed by atoms with Gasteiger partial charge in [0.15, 0.2) is 0 Å². The lowest BCUT2D eigenvalue weighted by Crippen LogP contribution is -2.44. The summed E-state index contributed by atoms with van der Waals surface area (Å²) < 4.78 is 0. The lowest BCUT2D eigenvalue weighted by Gasteiger charge is -2.28. The fraction of sp³-hybridized carbons (Fsp3) is 0.833. The molecule has 1 amide bonds. The molecule has 4 heteroatoms. The molecule has 0 bridgehead atoms. The van der Waals surface area contributed by atoms with Crippen LogP contribution in [0.4, 0.5) is 0 Å². The molecule has 0 aliphatic rings. The third-order valence-electron chi connectivity index (χ3n) is 2.61. The summed E-state index contributed by atoms with van der Waals surface area (Å²) in [6.07, 6.45) is 0.852. The fourth-order valence-electron chi connectivity index (χ4n) is 1.17. The maximum absolute atomic E-state index is 11.9. The van der Waals surface area contributed by atoms with E-state index >= 15 is 0 Å². The van der Waals surface area contributed by atoms with Gasteiger partial charge in [-0.2, -0.15) is 0 Å². The average Bonchev–Trinajstić information content (AvgIpc) is 2.11. The first-order valence-corrected chi connectivity index (χ1v) is 5.47. The van der Waals surface area contributed by atoms with Crippen LogP contribution in [0.15, 0.2) is 0 Å². The van der Waals surface area contributed by atoms with E-state index in [-0.39, 0.29) is 11.3 Å². The van der Waals surface area contributed by atoms with E-state index in [0.717, 1.165) is 6.42 Å². The van der Waals surface area contributed by atoms with Crippen LogP contribution in [0.5, 0.6) is 0 Å². The lowest BCUT2D eigenvalue weighted by atomic mass is 9.90. The molecular weight excluding hydrogens is 206 g/mol. The van der Waals surface area contributed by atoms with Gasteiger partial charge in [0, 0.05) is 13.6 Å². The van der Waals surface area contributed by atoms with Gasteiger partial charge < -0.3 is 10.0 Å². The highest BCUT2D eigenvalue weighted by molar-refractivity contribution is 6.00. The average molecular weight is 229 g/mol. The van der Waals surface area contributed by atoms with Crippen LogP contribution in [0.25, 0.3) is 0 Å². The standard InChI is InChI=1S/C12H23NO3/c1-11(2,3)7-8-13(6)9(14)12(4,5)10(15)16/h7-8H2,1-6H3,(H,15,16). The summed E-state index contributed by atoms with van der Waals surface area (Å²) in [5.41, 5.74) is -1.20. The molecule has 0 aromatic carbocycles. The van der Waals surface area contributed by atoms with Gasteiger partial charge in [0.05, 0.1) is 0 Å². The van der Waals surface area contributed by atoms with Crippen molar-refractivity contribution in [2.75, 3.05) is 13.6 Å². The van der Waals surface area contributed by atoms with Crippen molar-refractivity contribution in [3.63, 3.8) is 0 Å². The van der Waals surface area contributed by atoms with Crippen molar-refractivity contribution in [3.05, 3.63) is 0 Å². The number of carbonyl (C=O) groups is 2. The van der Waals surface area contributed by atoms with Crippen LogP contribution < -0.4 is 0 Å². The molecule has 94 valence electrons. The van der Waals surface area contributed by atoms with Crippen LogP contribution in [-0.4, -0.2) is 35.5 Å². The molecule has 0 rings (SSSR count). The predicted molar refractivity (Wildman–Crippen MR) is 63.1 cm³/mol. The van der Waals surface area contributed by atoms with Crippen LogP contribution in [0.2, 0.25) is 0 Å². The van der Waals surface area contributed by atoms with Crippen LogP contribution in [0.1, 0.15) is 41.0 Å². The summed E-state index contributed by atoms with van der Waals surface area (Å²) in [5.74, 6) is -1.43. The minimum atomic E-state index is -1.34. The molecule has 1 N–H and O–H groups in total. The Kier molecular flexibility index (Phi) is 4.53. The SMILES string of the molecule is CN(CCC(C)(C)C)C(=O)C(C)(C)C(=O)O. The Morgan fingerprint density at radius 2 is 1.56 bits per heavy atom. The van der Waals surface area contributed by atoms with Gasteiger partial charge in [-0.15, -0.1) is 0 Å². The first-order chi connectivity index (χ1) is 6.98. The molecular formula is C12H23NO3. The molecule has 0 atom stereocenters. The minimum absolute atomic E-state index is 0.141. The molecule has 0 fully saturated rings. The first kappa shape index (κ1) is 14.9. The zero-order valence-corrected chi connectivity index (χ0v) is 11.1. The van der Waals surface area contributed by atoms with E-state index in [2.05, 4.69) is 20.8 Å². The highest BCUT2D eigenvalue weighted by Gasteiger charge is 2.38. The van der Waals surface area contributed by atoms with Crippen molar-refractivity contribution in [2.45, 2.75) is 41.0 Å². The molecule has 16 heavy (non-hydrogen) atoms. The Labute approximate surface area is 97.6 Å². The van der Waals surface area contributed by atoms with E-state index in [1.165, 1.54) is 18.7 Å². The molecule has 0 unspecified atom stereocenters. The smallest absolute Gasteiger partial charge is 0.318 e. The normalized spacial score (nSPS) is 12.4. The molecule has 0 aliphatic heterocycles.